The van der Waals surface area contributed by atoms with E-state index >= 15 is 0 Å². The highest BCUT2D eigenvalue weighted by Gasteiger charge is 2.07. The molecule has 0 aliphatic heterocycles. The van der Waals surface area contributed by atoms with E-state index in [1.165, 1.54) is 18.9 Å². The number of hydrogen-bond donors (Lipinski definition) is 1. The van der Waals surface area contributed by atoms with Crippen molar-refractivity contribution in [1.29, 1.82) is 5.26 Å². The number of amides is 1. The zero-order valence-corrected chi connectivity index (χ0v) is 13.2. The smallest absolute Gasteiger partial charge is 0.337 e. The van der Waals surface area contributed by atoms with E-state index in [9.17, 15) is 9.59 Å². The van der Waals surface area contributed by atoms with Crippen molar-refractivity contribution in [2.24, 2.45) is 0 Å². The van der Waals surface area contributed by atoms with Gasteiger partial charge in [0.2, 0.25) is 5.91 Å². The number of ether oxygens (including phenoxy) is 1. The Morgan fingerprint density at radius 1 is 1.13 bits per heavy atom. The molecule has 6 heteroatoms. The van der Waals surface area contributed by atoms with Crippen LogP contribution in [0.25, 0.3) is 0 Å². The highest BCUT2D eigenvalue weighted by atomic mass is 32.2. The number of rotatable bonds is 5. The topological polar surface area (TPSA) is 79.2 Å². The van der Waals surface area contributed by atoms with E-state index in [1.807, 2.05) is 18.2 Å². The fourth-order valence-electron chi connectivity index (χ4n) is 1.78. The van der Waals surface area contributed by atoms with Gasteiger partial charge in [0, 0.05) is 10.6 Å². The first-order valence-electron chi connectivity index (χ1n) is 6.73. The molecule has 0 saturated carbocycles. The molecule has 5 nitrogen and oxygen atoms in total. The SMILES string of the molecule is COC(=O)c1ccc(NC(=O)CSc2ccc(C#N)cc2)cc1. The molecule has 2 rings (SSSR count). The number of nitriles is 1. The summed E-state index contributed by atoms with van der Waals surface area (Å²) in [7, 11) is 1.32. The maximum atomic E-state index is 11.9. The zero-order chi connectivity index (χ0) is 16.7. The Morgan fingerprint density at radius 3 is 2.35 bits per heavy atom. The monoisotopic (exact) mass is 326 g/mol. The lowest BCUT2D eigenvalue weighted by molar-refractivity contribution is -0.113. The summed E-state index contributed by atoms with van der Waals surface area (Å²) in [5, 5.41) is 11.5. The number of carbonyl (C=O) groups excluding carboxylic acids is 2. The highest BCUT2D eigenvalue weighted by molar-refractivity contribution is 8.00. The van der Waals surface area contributed by atoms with E-state index in [-0.39, 0.29) is 11.7 Å². The molecule has 0 radical (unpaired) electrons. The van der Waals surface area contributed by atoms with Crippen LogP contribution < -0.4 is 5.32 Å². The minimum absolute atomic E-state index is 0.148. The van der Waals surface area contributed by atoms with Gasteiger partial charge in [-0.3, -0.25) is 4.79 Å². The summed E-state index contributed by atoms with van der Waals surface area (Å²) in [4.78, 5) is 24.1. The maximum absolute atomic E-state index is 11.9. The van der Waals surface area contributed by atoms with Gasteiger partial charge < -0.3 is 10.1 Å². The van der Waals surface area contributed by atoms with Crippen LogP contribution in [-0.4, -0.2) is 24.7 Å². The fourth-order valence-corrected chi connectivity index (χ4v) is 2.48. The molecule has 2 aromatic carbocycles. The molecule has 0 spiro atoms. The van der Waals surface area contributed by atoms with Gasteiger partial charge in [-0.2, -0.15) is 5.26 Å². The van der Waals surface area contributed by atoms with Crippen LogP contribution in [0.3, 0.4) is 0 Å². The minimum atomic E-state index is -0.417. The van der Waals surface area contributed by atoms with Crippen LogP contribution in [0.15, 0.2) is 53.4 Å². The molecule has 1 N–H and O–H groups in total. The molecule has 0 unspecified atom stereocenters. The molecule has 23 heavy (non-hydrogen) atoms. The molecule has 116 valence electrons. The van der Waals surface area contributed by atoms with Crippen LogP contribution in [0.1, 0.15) is 15.9 Å². The first-order chi connectivity index (χ1) is 11.1. The molecule has 0 saturated heterocycles. The lowest BCUT2D eigenvalue weighted by Gasteiger charge is -2.06. The molecule has 0 aliphatic carbocycles. The Bertz CT molecular complexity index is 734. The van der Waals surface area contributed by atoms with Crippen LogP contribution in [0.2, 0.25) is 0 Å². The van der Waals surface area contributed by atoms with Crippen molar-refractivity contribution in [2.45, 2.75) is 4.90 Å². The number of esters is 1. The van der Waals surface area contributed by atoms with Gasteiger partial charge in [-0.05, 0) is 48.5 Å². The van der Waals surface area contributed by atoms with Crippen LogP contribution in [0.5, 0.6) is 0 Å². The number of anilines is 1. The first-order valence-corrected chi connectivity index (χ1v) is 7.72. The molecular formula is C17H14N2O3S. The third kappa shape index (κ3) is 4.87. The van der Waals surface area contributed by atoms with Crippen molar-refractivity contribution < 1.29 is 14.3 Å². The van der Waals surface area contributed by atoms with Crippen molar-refractivity contribution in [2.75, 3.05) is 18.2 Å². The number of thioether (sulfide) groups is 1. The van der Waals surface area contributed by atoms with Crippen molar-refractivity contribution in [3.63, 3.8) is 0 Å². The van der Waals surface area contributed by atoms with Gasteiger partial charge in [0.1, 0.15) is 0 Å². The average Bonchev–Trinajstić information content (AvgIpc) is 2.60. The third-order valence-corrected chi connectivity index (χ3v) is 3.96. The highest BCUT2D eigenvalue weighted by Crippen LogP contribution is 2.19. The average molecular weight is 326 g/mol. The van der Waals surface area contributed by atoms with E-state index < -0.39 is 5.97 Å². The van der Waals surface area contributed by atoms with Crippen molar-refractivity contribution >= 4 is 29.3 Å². The number of methoxy groups -OCH3 is 1. The van der Waals surface area contributed by atoms with Crippen molar-refractivity contribution in [3.05, 3.63) is 59.7 Å². The molecule has 0 bridgehead atoms. The summed E-state index contributed by atoms with van der Waals surface area (Å²) < 4.78 is 4.61. The number of nitrogens with one attached hydrogen (secondary N) is 1. The summed E-state index contributed by atoms with van der Waals surface area (Å²) in [6.07, 6.45) is 0. The van der Waals surface area contributed by atoms with Crippen LogP contribution in [0, 0.1) is 11.3 Å². The summed E-state index contributed by atoms with van der Waals surface area (Å²) in [5.41, 5.74) is 1.63. The summed E-state index contributed by atoms with van der Waals surface area (Å²) >= 11 is 1.38. The number of hydrogen-bond acceptors (Lipinski definition) is 5. The van der Waals surface area contributed by atoms with E-state index in [2.05, 4.69) is 10.1 Å². The summed E-state index contributed by atoms with van der Waals surface area (Å²) in [5.74, 6) is -0.311. The van der Waals surface area contributed by atoms with Crippen LogP contribution >= 0.6 is 11.8 Å². The Hall–Kier alpha value is -2.78. The van der Waals surface area contributed by atoms with Gasteiger partial charge in [-0.15, -0.1) is 11.8 Å². The van der Waals surface area contributed by atoms with Gasteiger partial charge in [0.15, 0.2) is 0 Å². The van der Waals surface area contributed by atoms with Gasteiger partial charge in [0.25, 0.3) is 0 Å². The molecule has 2 aromatic rings. The maximum Gasteiger partial charge on any atom is 0.337 e. The molecule has 0 aliphatic rings. The molecule has 0 atom stereocenters. The fraction of sp³-hybridized carbons (Fsp3) is 0.118. The summed E-state index contributed by atoms with van der Waals surface area (Å²) in [6.45, 7) is 0. The lowest BCUT2D eigenvalue weighted by Crippen LogP contribution is -2.14. The van der Waals surface area contributed by atoms with E-state index in [0.717, 1.165) is 4.90 Å². The Kier molecular flexibility index (Phi) is 5.78. The van der Waals surface area contributed by atoms with Crippen molar-refractivity contribution in [3.8, 4) is 6.07 Å². The molecule has 1 amide bonds. The molecule has 0 fully saturated rings. The van der Waals surface area contributed by atoms with Gasteiger partial charge in [-0.1, -0.05) is 0 Å². The zero-order valence-electron chi connectivity index (χ0n) is 12.4. The molecule has 0 heterocycles. The van der Waals surface area contributed by atoms with Gasteiger partial charge >= 0.3 is 5.97 Å². The molecular weight excluding hydrogens is 312 g/mol. The minimum Gasteiger partial charge on any atom is -0.465 e. The second-order valence-electron chi connectivity index (χ2n) is 4.54. The number of nitrogens with zero attached hydrogens (tertiary/aromatic N) is 1. The Labute approximate surface area is 138 Å². The largest absolute Gasteiger partial charge is 0.465 e. The number of benzene rings is 2. The van der Waals surface area contributed by atoms with E-state index in [1.54, 1.807) is 36.4 Å². The van der Waals surface area contributed by atoms with Crippen LogP contribution in [-0.2, 0) is 9.53 Å². The van der Waals surface area contributed by atoms with Crippen LogP contribution in [0.4, 0.5) is 5.69 Å². The predicted octanol–water partition coefficient (Wildman–Crippen LogP) is 3.08. The first kappa shape index (κ1) is 16.6. The Balaban J connectivity index is 1.86. The second kappa shape index (κ2) is 8.01. The second-order valence-corrected chi connectivity index (χ2v) is 5.59. The quantitative estimate of drug-likeness (QED) is 0.675. The Morgan fingerprint density at radius 2 is 1.78 bits per heavy atom. The standard InChI is InChI=1S/C17H14N2O3S/c1-22-17(21)13-4-6-14(7-5-13)19-16(20)11-23-15-8-2-12(10-18)3-9-15/h2-9H,11H2,1H3,(H,19,20). The lowest BCUT2D eigenvalue weighted by atomic mass is 10.2. The normalized spacial score (nSPS) is 9.74. The van der Waals surface area contributed by atoms with Crippen molar-refractivity contribution in [1.82, 2.24) is 0 Å². The summed E-state index contributed by atoms with van der Waals surface area (Å²) in [6, 6.07) is 15.6. The van der Waals surface area contributed by atoms with E-state index in [4.69, 9.17) is 5.26 Å². The predicted molar refractivity (Wildman–Crippen MR) is 88.3 cm³/mol. The van der Waals surface area contributed by atoms with Gasteiger partial charge in [-0.25, -0.2) is 4.79 Å². The van der Waals surface area contributed by atoms with Gasteiger partial charge in [0.05, 0.1) is 30.1 Å². The number of carbonyl (C=O) groups is 2. The third-order valence-electron chi connectivity index (χ3n) is 2.94. The van der Waals surface area contributed by atoms with E-state index in [0.29, 0.717) is 16.8 Å². The molecule has 0 aromatic heterocycles.